The number of aromatic nitrogens is 3. The molecular formula is C14H9N3. The first-order chi connectivity index (χ1) is 8.43. The van der Waals surface area contributed by atoms with Crippen molar-refractivity contribution in [3.63, 3.8) is 0 Å². The van der Waals surface area contributed by atoms with Crippen molar-refractivity contribution in [2.45, 2.75) is 0 Å². The fourth-order valence-electron chi connectivity index (χ4n) is 2.26. The Kier molecular flexibility index (Phi) is 1.56. The van der Waals surface area contributed by atoms with Crippen LogP contribution < -0.4 is 0 Å². The van der Waals surface area contributed by atoms with E-state index >= 15 is 0 Å². The zero-order valence-corrected chi connectivity index (χ0v) is 9.04. The predicted molar refractivity (Wildman–Crippen MR) is 68.0 cm³/mol. The van der Waals surface area contributed by atoms with E-state index in [-0.39, 0.29) is 0 Å². The zero-order valence-electron chi connectivity index (χ0n) is 9.04. The summed E-state index contributed by atoms with van der Waals surface area (Å²) in [5.74, 6) is 0.755. The number of benzene rings is 2. The molecule has 0 radical (unpaired) electrons. The van der Waals surface area contributed by atoms with Crippen molar-refractivity contribution >= 4 is 27.7 Å². The summed E-state index contributed by atoms with van der Waals surface area (Å²) in [5, 5.41) is 1.13. The summed E-state index contributed by atoms with van der Waals surface area (Å²) in [6.45, 7) is 0. The molecule has 0 saturated heterocycles. The first-order valence-electron chi connectivity index (χ1n) is 5.54. The molecule has 0 spiro atoms. The molecular weight excluding hydrogens is 210 g/mol. The molecule has 2 aromatic heterocycles. The molecule has 0 aliphatic heterocycles. The van der Waals surface area contributed by atoms with Crippen LogP contribution in [-0.2, 0) is 0 Å². The Labute approximate surface area is 97.4 Å². The van der Waals surface area contributed by atoms with Crippen LogP contribution in [0.25, 0.3) is 27.7 Å². The van der Waals surface area contributed by atoms with Gasteiger partial charge in [-0.1, -0.05) is 30.3 Å². The molecule has 0 N–H and O–H groups in total. The van der Waals surface area contributed by atoms with Crippen molar-refractivity contribution in [1.82, 2.24) is 14.4 Å². The summed E-state index contributed by atoms with van der Waals surface area (Å²) in [5.41, 5.74) is 3.23. The molecule has 0 aliphatic carbocycles. The normalized spacial score (nSPS) is 11.5. The van der Waals surface area contributed by atoms with Gasteiger partial charge in [0, 0.05) is 11.6 Å². The topological polar surface area (TPSA) is 30.2 Å². The van der Waals surface area contributed by atoms with Crippen LogP contribution in [0.15, 0.2) is 54.7 Å². The van der Waals surface area contributed by atoms with Gasteiger partial charge < -0.3 is 0 Å². The Morgan fingerprint density at radius 1 is 0.824 bits per heavy atom. The SMILES string of the molecule is c1ccc2c(c1)cnc1nc3ccccc3n12. The van der Waals surface area contributed by atoms with Gasteiger partial charge in [-0.15, -0.1) is 0 Å². The molecule has 0 bridgehead atoms. The molecule has 0 saturated carbocycles. The van der Waals surface area contributed by atoms with Crippen LogP contribution in [0.4, 0.5) is 0 Å². The molecule has 0 fully saturated rings. The zero-order chi connectivity index (χ0) is 11.2. The van der Waals surface area contributed by atoms with Gasteiger partial charge in [0.15, 0.2) is 0 Å². The molecule has 2 aromatic carbocycles. The summed E-state index contributed by atoms with van der Waals surface area (Å²) in [6, 6.07) is 16.3. The quantitative estimate of drug-likeness (QED) is 0.455. The van der Waals surface area contributed by atoms with Crippen molar-refractivity contribution in [3.8, 4) is 0 Å². The van der Waals surface area contributed by atoms with Gasteiger partial charge in [0.05, 0.1) is 16.6 Å². The highest BCUT2D eigenvalue weighted by atomic mass is 15.1. The van der Waals surface area contributed by atoms with Gasteiger partial charge in [0.1, 0.15) is 0 Å². The Hall–Kier alpha value is -2.42. The van der Waals surface area contributed by atoms with E-state index in [4.69, 9.17) is 0 Å². The second-order valence-electron chi connectivity index (χ2n) is 4.05. The van der Waals surface area contributed by atoms with Crippen molar-refractivity contribution in [2.75, 3.05) is 0 Å². The third kappa shape index (κ3) is 1.11. The van der Waals surface area contributed by atoms with Gasteiger partial charge in [-0.05, 0) is 18.2 Å². The van der Waals surface area contributed by atoms with Gasteiger partial charge >= 0.3 is 0 Å². The van der Waals surface area contributed by atoms with E-state index in [0.29, 0.717) is 0 Å². The smallest absolute Gasteiger partial charge is 0.235 e. The number of rotatable bonds is 0. The number of hydrogen-bond donors (Lipinski definition) is 0. The number of nitrogens with zero attached hydrogens (tertiary/aromatic N) is 3. The Morgan fingerprint density at radius 2 is 1.59 bits per heavy atom. The van der Waals surface area contributed by atoms with E-state index < -0.39 is 0 Å². The maximum absolute atomic E-state index is 4.52. The van der Waals surface area contributed by atoms with Crippen LogP contribution in [0.2, 0.25) is 0 Å². The van der Waals surface area contributed by atoms with Crippen LogP contribution in [0.5, 0.6) is 0 Å². The highest BCUT2D eigenvalue weighted by Crippen LogP contribution is 2.20. The predicted octanol–water partition coefficient (Wildman–Crippen LogP) is 3.04. The summed E-state index contributed by atoms with van der Waals surface area (Å²) in [6.07, 6.45) is 1.87. The molecule has 0 unspecified atom stereocenters. The van der Waals surface area contributed by atoms with Gasteiger partial charge in [0.25, 0.3) is 0 Å². The van der Waals surface area contributed by atoms with Gasteiger partial charge in [0.2, 0.25) is 5.78 Å². The highest BCUT2D eigenvalue weighted by Gasteiger charge is 2.07. The van der Waals surface area contributed by atoms with Crippen molar-refractivity contribution in [3.05, 3.63) is 54.7 Å². The number of hydrogen-bond acceptors (Lipinski definition) is 2. The van der Waals surface area contributed by atoms with Crippen LogP contribution in [0.1, 0.15) is 0 Å². The Balaban J connectivity index is 2.38. The summed E-state index contributed by atoms with van der Waals surface area (Å²) >= 11 is 0. The highest BCUT2D eigenvalue weighted by molar-refractivity contribution is 5.88. The maximum Gasteiger partial charge on any atom is 0.235 e. The van der Waals surface area contributed by atoms with E-state index in [1.54, 1.807) is 0 Å². The van der Waals surface area contributed by atoms with Gasteiger partial charge in [-0.2, -0.15) is 0 Å². The molecule has 0 aliphatic rings. The third-order valence-corrected chi connectivity index (χ3v) is 3.04. The standard InChI is InChI=1S/C14H9N3/c1-3-7-12-10(5-1)9-15-14-16-11-6-2-4-8-13(11)17(12)14/h1-9H. The van der Waals surface area contributed by atoms with Crippen molar-refractivity contribution in [2.24, 2.45) is 0 Å². The molecule has 4 aromatic rings. The van der Waals surface area contributed by atoms with Crippen LogP contribution in [-0.4, -0.2) is 14.4 Å². The average molecular weight is 219 g/mol. The Bertz CT molecular complexity index is 840. The third-order valence-electron chi connectivity index (χ3n) is 3.04. The lowest BCUT2D eigenvalue weighted by Crippen LogP contribution is -1.90. The second-order valence-corrected chi connectivity index (χ2v) is 4.05. The fourth-order valence-corrected chi connectivity index (χ4v) is 2.26. The molecule has 0 atom stereocenters. The summed E-state index contributed by atoms with van der Waals surface area (Å²) < 4.78 is 2.10. The number of fused-ring (bicyclic) bond motifs is 5. The summed E-state index contributed by atoms with van der Waals surface area (Å²) in [4.78, 5) is 8.92. The van der Waals surface area contributed by atoms with Crippen molar-refractivity contribution < 1.29 is 0 Å². The molecule has 17 heavy (non-hydrogen) atoms. The van der Waals surface area contributed by atoms with Crippen LogP contribution in [0, 0.1) is 0 Å². The first-order valence-corrected chi connectivity index (χ1v) is 5.54. The molecule has 3 nitrogen and oxygen atoms in total. The average Bonchev–Trinajstić information content (AvgIpc) is 2.77. The van der Waals surface area contributed by atoms with E-state index in [9.17, 15) is 0 Å². The molecule has 0 amide bonds. The monoisotopic (exact) mass is 219 g/mol. The largest absolute Gasteiger partial charge is 0.276 e. The molecule has 4 rings (SSSR count). The first kappa shape index (κ1) is 8.70. The lowest BCUT2D eigenvalue weighted by molar-refractivity contribution is 1.19. The second kappa shape index (κ2) is 3.04. The van der Waals surface area contributed by atoms with E-state index in [0.717, 1.165) is 27.7 Å². The lowest BCUT2D eigenvalue weighted by atomic mass is 10.2. The van der Waals surface area contributed by atoms with E-state index in [1.807, 2.05) is 36.5 Å². The lowest BCUT2D eigenvalue weighted by Gasteiger charge is -2.01. The minimum absolute atomic E-state index is 0.755. The minimum Gasteiger partial charge on any atom is -0.276 e. The maximum atomic E-state index is 4.52. The fraction of sp³-hybridized carbons (Fsp3) is 0. The molecule has 80 valence electrons. The van der Waals surface area contributed by atoms with Crippen molar-refractivity contribution in [1.29, 1.82) is 0 Å². The molecule has 3 heteroatoms. The number of para-hydroxylation sites is 3. The van der Waals surface area contributed by atoms with Gasteiger partial charge in [-0.25, -0.2) is 9.97 Å². The number of imidazole rings is 1. The van der Waals surface area contributed by atoms with Crippen LogP contribution in [0.3, 0.4) is 0 Å². The van der Waals surface area contributed by atoms with Gasteiger partial charge in [-0.3, -0.25) is 4.40 Å². The Morgan fingerprint density at radius 3 is 2.53 bits per heavy atom. The summed E-state index contributed by atoms with van der Waals surface area (Å²) in [7, 11) is 0. The minimum atomic E-state index is 0.755. The van der Waals surface area contributed by atoms with Crippen LogP contribution >= 0.6 is 0 Å². The van der Waals surface area contributed by atoms with E-state index in [1.165, 1.54) is 0 Å². The van der Waals surface area contributed by atoms with E-state index in [2.05, 4.69) is 32.6 Å². The molecule has 2 heterocycles.